The minimum Gasteiger partial charge on any atom is -0.334 e. The van der Waals surface area contributed by atoms with Gasteiger partial charge in [0.1, 0.15) is 10.3 Å². The van der Waals surface area contributed by atoms with Crippen LogP contribution in [0.2, 0.25) is 5.02 Å². The van der Waals surface area contributed by atoms with Crippen LogP contribution in [-0.2, 0) is 19.6 Å². The molecular weight excluding hydrogens is 520 g/mol. The lowest BCUT2D eigenvalue weighted by Gasteiger charge is -2.38. The highest BCUT2D eigenvalue weighted by atomic mass is 35.5. The first-order chi connectivity index (χ1) is 17.3. The molecule has 1 aromatic carbocycles. The molecule has 0 bridgehead atoms. The van der Waals surface area contributed by atoms with Crippen molar-refractivity contribution < 1.29 is 18.0 Å². The molecule has 0 aliphatic carbocycles. The molecule has 8 nitrogen and oxygen atoms in total. The molecule has 2 saturated heterocycles. The third-order valence-electron chi connectivity index (χ3n) is 6.77. The summed E-state index contributed by atoms with van der Waals surface area (Å²) >= 11 is 7.14. The molecule has 4 heterocycles. The van der Waals surface area contributed by atoms with Crippen molar-refractivity contribution in [3.05, 3.63) is 59.4 Å². The molecule has 1 unspecified atom stereocenters. The smallest absolute Gasteiger partial charge is 0.250 e. The number of pyridine rings is 1. The number of hydrogen-bond donors (Lipinski definition) is 1. The first kappa shape index (κ1) is 25.1. The number of carbonyl (C=O) groups excluding carboxylic acids is 2. The summed E-state index contributed by atoms with van der Waals surface area (Å²) in [5.41, 5.74) is 0.991. The third-order valence-corrected chi connectivity index (χ3v) is 10.0. The number of aromatic nitrogens is 1. The van der Waals surface area contributed by atoms with Gasteiger partial charge < -0.3 is 9.80 Å². The predicted molar refractivity (Wildman–Crippen MR) is 139 cm³/mol. The van der Waals surface area contributed by atoms with E-state index in [1.165, 1.54) is 4.90 Å². The van der Waals surface area contributed by atoms with Crippen LogP contribution in [0.5, 0.6) is 0 Å². The first-order valence-corrected chi connectivity index (χ1v) is 14.7. The van der Waals surface area contributed by atoms with Crippen molar-refractivity contribution >= 4 is 54.9 Å². The Bertz CT molecular complexity index is 1380. The van der Waals surface area contributed by atoms with E-state index in [9.17, 15) is 18.0 Å². The number of fused-ring (bicyclic) bond motifs is 1. The zero-order valence-corrected chi connectivity index (χ0v) is 22.0. The normalized spacial score (nSPS) is 21.2. The molecule has 0 spiro atoms. The number of hydrogen-bond acceptors (Lipinski definition) is 6. The molecule has 5 rings (SSSR count). The summed E-state index contributed by atoms with van der Waals surface area (Å²) in [6.45, 7) is 0.997. The van der Waals surface area contributed by atoms with Crippen LogP contribution in [0.4, 0.5) is 0 Å². The fraction of sp³-hybridized carbons (Fsp3) is 0.400. The van der Waals surface area contributed by atoms with E-state index in [4.69, 9.17) is 11.6 Å². The van der Waals surface area contributed by atoms with Gasteiger partial charge in [0, 0.05) is 35.2 Å². The predicted octanol–water partition coefficient (Wildman–Crippen LogP) is 3.97. The number of halogens is 1. The van der Waals surface area contributed by atoms with E-state index in [1.807, 2.05) is 17.0 Å². The van der Waals surface area contributed by atoms with Gasteiger partial charge in [0.05, 0.1) is 12.6 Å². The summed E-state index contributed by atoms with van der Waals surface area (Å²) in [5, 5.41) is 1.31. The van der Waals surface area contributed by atoms with Crippen molar-refractivity contribution in [3.63, 3.8) is 0 Å². The fourth-order valence-corrected chi connectivity index (χ4v) is 7.88. The highest BCUT2D eigenvalue weighted by Crippen LogP contribution is 2.32. The molecule has 11 heteroatoms. The number of benzene rings is 1. The number of nitrogens with one attached hydrogen (secondary N) is 1. The molecule has 2 aliphatic rings. The molecule has 2 aromatic heterocycles. The van der Waals surface area contributed by atoms with Crippen LogP contribution in [0.15, 0.2) is 53.0 Å². The molecule has 0 saturated carbocycles. The lowest BCUT2D eigenvalue weighted by molar-refractivity contribution is -0.145. The van der Waals surface area contributed by atoms with Gasteiger partial charge in [-0.05, 0) is 67.3 Å². The Hall–Kier alpha value is -2.53. The van der Waals surface area contributed by atoms with E-state index in [2.05, 4.69) is 9.71 Å². The van der Waals surface area contributed by atoms with Gasteiger partial charge in [-0.15, -0.1) is 11.3 Å². The van der Waals surface area contributed by atoms with Gasteiger partial charge in [-0.3, -0.25) is 14.6 Å². The van der Waals surface area contributed by atoms with E-state index in [1.54, 1.807) is 36.7 Å². The fourth-order valence-electron chi connectivity index (χ4n) is 4.97. The van der Waals surface area contributed by atoms with Crippen LogP contribution in [-0.4, -0.2) is 60.7 Å². The molecule has 1 N–H and O–H groups in total. The quantitative estimate of drug-likeness (QED) is 0.504. The van der Waals surface area contributed by atoms with Crippen LogP contribution in [0.3, 0.4) is 0 Å². The Balaban J connectivity index is 1.28. The monoisotopic (exact) mass is 546 g/mol. The number of rotatable bonds is 6. The number of likely N-dealkylation sites (tertiary alicyclic amines) is 2. The average Bonchev–Trinajstić information content (AvgIpc) is 3.31. The summed E-state index contributed by atoms with van der Waals surface area (Å²) < 4.78 is 29.7. The Morgan fingerprint density at radius 1 is 1.14 bits per heavy atom. The third kappa shape index (κ3) is 5.27. The maximum Gasteiger partial charge on any atom is 0.250 e. The second-order valence-electron chi connectivity index (χ2n) is 9.21. The molecule has 3 aromatic rings. The zero-order chi connectivity index (χ0) is 25.3. The molecule has 2 aliphatic heterocycles. The van der Waals surface area contributed by atoms with Crippen LogP contribution in [0.25, 0.3) is 10.1 Å². The summed E-state index contributed by atoms with van der Waals surface area (Å²) in [7, 11) is -3.91. The Labute approximate surface area is 219 Å². The summed E-state index contributed by atoms with van der Waals surface area (Å²) in [4.78, 5) is 34.0. The number of nitrogens with zero attached hydrogens (tertiary/aromatic N) is 3. The number of piperidine rings is 2. The SMILES string of the molecule is O=C1[C@@H](NS(=O)(=O)c2cc3ccc(Cl)cc3s2)CCCN1CC(=O)N1CCCCC1c1cccnc1. The molecule has 2 amide bonds. The molecule has 2 fully saturated rings. The van der Waals surface area contributed by atoms with Crippen LogP contribution in [0, 0.1) is 0 Å². The maximum atomic E-state index is 13.3. The van der Waals surface area contributed by atoms with Crippen LogP contribution < -0.4 is 4.72 Å². The molecule has 2 atom stereocenters. The largest absolute Gasteiger partial charge is 0.334 e. The number of thiophene rings is 1. The maximum absolute atomic E-state index is 13.3. The second-order valence-corrected chi connectivity index (χ2v) is 12.7. The van der Waals surface area contributed by atoms with Gasteiger partial charge in [-0.1, -0.05) is 23.7 Å². The topological polar surface area (TPSA) is 99.7 Å². The number of carbonyl (C=O) groups is 2. The number of sulfonamides is 1. The highest BCUT2D eigenvalue weighted by Gasteiger charge is 2.36. The highest BCUT2D eigenvalue weighted by molar-refractivity contribution is 7.91. The zero-order valence-electron chi connectivity index (χ0n) is 19.6. The van der Waals surface area contributed by atoms with E-state index in [0.717, 1.165) is 46.2 Å². The summed E-state index contributed by atoms with van der Waals surface area (Å²) in [6, 6.07) is 9.66. The Kier molecular flexibility index (Phi) is 7.30. The van der Waals surface area contributed by atoms with Crippen molar-refractivity contribution in [2.75, 3.05) is 19.6 Å². The Morgan fingerprint density at radius 2 is 2.00 bits per heavy atom. The van der Waals surface area contributed by atoms with Crippen LogP contribution in [0.1, 0.15) is 43.7 Å². The second kappa shape index (κ2) is 10.5. The van der Waals surface area contributed by atoms with Crippen molar-refractivity contribution in [1.29, 1.82) is 0 Å². The van der Waals surface area contributed by atoms with Crippen molar-refractivity contribution in [1.82, 2.24) is 19.5 Å². The van der Waals surface area contributed by atoms with E-state index in [-0.39, 0.29) is 28.6 Å². The lowest BCUT2D eigenvalue weighted by Crippen LogP contribution is -2.55. The van der Waals surface area contributed by atoms with Gasteiger partial charge in [-0.25, -0.2) is 8.42 Å². The van der Waals surface area contributed by atoms with E-state index >= 15 is 0 Å². The van der Waals surface area contributed by atoms with Crippen molar-refractivity contribution in [2.45, 2.75) is 48.4 Å². The van der Waals surface area contributed by atoms with Gasteiger partial charge in [0.2, 0.25) is 11.8 Å². The van der Waals surface area contributed by atoms with Gasteiger partial charge >= 0.3 is 0 Å². The minimum absolute atomic E-state index is 0.0596. The summed E-state index contributed by atoms with van der Waals surface area (Å²) in [5.74, 6) is -0.487. The number of amides is 2. The van der Waals surface area contributed by atoms with Crippen molar-refractivity contribution in [2.24, 2.45) is 0 Å². The van der Waals surface area contributed by atoms with Crippen molar-refractivity contribution in [3.8, 4) is 0 Å². The van der Waals surface area contributed by atoms with Gasteiger partial charge in [-0.2, -0.15) is 4.72 Å². The van der Waals surface area contributed by atoms with Gasteiger partial charge in [0.25, 0.3) is 10.0 Å². The Morgan fingerprint density at radius 3 is 2.81 bits per heavy atom. The molecule has 190 valence electrons. The minimum atomic E-state index is -3.91. The lowest BCUT2D eigenvalue weighted by atomic mass is 9.96. The van der Waals surface area contributed by atoms with Crippen LogP contribution >= 0.6 is 22.9 Å². The first-order valence-electron chi connectivity index (χ1n) is 12.0. The standard InChI is InChI=1S/C25H27ClN4O4S2/c26-19-9-8-17-13-24(35-22(17)14-19)36(33,34)28-20-6-4-11-29(25(20)32)16-23(31)30-12-2-1-7-21(30)18-5-3-10-27-15-18/h3,5,8-10,13-15,20-21,28H,1-2,4,6-7,11-12,16H2/t20-,21?/m0/s1. The van der Waals surface area contributed by atoms with Gasteiger partial charge in [0.15, 0.2) is 0 Å². The molecule has 36 heavy (non-hydrogen) atoms. The average molecular weight is 547 g/mol. The molecular formula is C25H27ClN4O4S2. The van der Waals surface area contributed by atoms with E-state index < -0.39 is 16.1 Å². The summed E-state index contributed by atoms with van der Waals surface area (Å²) in [6.07, 6.45) is 7.30. The molecule has 0 radical (unpaired) electrons. The van der Waals surface area contributed by atoms with E-state index in [0.29, 0.717) is 31.0 Å².